The first kappa shape index (κ1) is 16.9. The van der Waals surface area contributed by atoms with E-state index in [-0.39, 0.29) is 28.1 Å². The summed E-state index contributed by atoms with van der Waals surface area (Å²) in [6.07, 6.45) is -4.62. The van der Waals surface area contributed by atoms with Gasteiger partial charge in [0.05, 0.1) is 15.6 Å². The van der Waals surface area contributed by atoms with Crippen molar-refractivity contribution in [2.45, 2.75) is 26.3 Å². The third kappa shape index (κ3) is 2.86. The Bertz CT molecular complexity index is 745. The molecule has 1 heterocycles. The van der Waals surface area contributed by atoms with Gasteiger partial charge in [-0.3, -0.25) is 4.57 Å². The topological polar surface area (TPSA) is 60.0 Å². The van der Waals surface area contributed by atoms with Crippen LogP contribution in [0, 0.1) is 0 Å². The highest BCUT2D eigenvalue weighted by Gasteiger charge is 2.32. The maximum atomic E-state index is 12.7. The zero-order chi connectivity index (χ0) is 16.7. The first-order chi connectivity index (χ1) is 10.2. The van der Waals surface area contributed by atoms with Gasteiger partial charge in [0.1, 0.15) is 12.3 Å². The zero-order valence-corrected chi connectivity index (χ0v) is 12.7. The largest absolute Gasteiger partial charge is 0.416 e. The highest BCUT2D eigenvalue weighted by molar-refractivity contribution is 6.37. The van der Waals surface area contributed by atoms with Gasteiger partial charge in [-0.05, 0) is 19.1 Å². The van der Waals surface area contributed by atoms with E-state index in [2.05, 4.69) is 5.10 Å². The van der Waals surface area contributed by atoms with Gasteiger partial charge in [-0.2, -0.15) is 17.9 Å². The fourth-order valence-corrected chi connectivity index (χ4v) is 2.60. The number of aliphatic hydroxyl groups is 1. The first-order valence-electron chi connectivity index (χ1n) is 6.06. The highest BCUT2D eigenvalue weighted by atomic mass is 35.5. The molecule has 0 aliphatic carbocycles. The number of nitrogens with zero attached hydrogens (tertiary/aromatic N) is 3. The molecule has 0 bridgehead atoms. The van der Waals surface area contributed by atoms with Crippen molar-refractivity contribution in [3.05, 3.63) is 44.1 Å². The number of hydrogen-bond donors (Lipinski definition) is 1. The molecule has 2 rings (SSSR count). The molecule has 5 nitrogen and oxygen atoms in total. The van der Waals surface area contributed by atoms with Crippen LogP contribution in [0.2, 0.25) is 10.0 Å². The summed E-state index contributed by atoms with van der Waals surface area (Å²) < 4.78 is 40.0. The Morgan fingerprint density at radius 2 is 1.82 bits per heavy atom. The summed E-state index contributed by atoms with van der Waals surface area (Å²) in [6, 6.07) is 1.33. The maximum Gasteiger partial charge on any atom is 0.416 e. The summed E-state index contributed by atoms with van der Waals surface area (Å²) in [7, 11) is 0. The predicted molar refractivity (Wildman–Crippen MR) is 74.4 cm³/mol. The van der Waals surface area contributed by atoms with E-state index in [1.807, 2.05) is 0 Å². The second-order valence-corrected chi connectivity index (χ2v) is 5.11. The number of aliphatic hydroxyl groups excluding tert-OH is 1. The Morgan fingerprint density at radius 1 is 1.27 bits per heavy atom. The van der Waals surface area contributed by atoms with Crippen LogP contribution in [0.15, 0.2) is 16.9 Å². The SMILES string of the molecule is CCn1c(CO)nn(-c2c(Cl)cc(C(F)(F)F)cc2Cl)c1=O. The molecule has 0 fully saturated rings. The smallest absolute Gasteiger partial charge is 0.388 e. The lowest BCUT2D eigenvalue weighted by Crippen LogP contribution is -2.24. The summed E-state index contributed by atoms with van der Waals surface area (Å²) in [5.41, 5.74) is -1.85. The van der Waals surface area contributed by atoms with E-state index >= 15 is 0 Å². The van der Waals surface area contributed by atoms with Crippen LogP contribution in [0.5, 0.6) is 0 Å². The van der Waals surface area contributed by atoms with Gasteiger partial charge in [0.2, 0.25) is 0 Å². The standard InChI is InChI=1S/C12H10Cl2F3N3O2/c1-2-19-9(5-21)18-20(11(19)22)10-7(13)3-6(4-8(10)14)12(15,16)17/h3-4,21H,2,5H2,1H3. The van der Waals surface area contributed by atoms with Gasteiger partial charge in [-0.15, -0.1) is 5.10 Å². The van der Waals surface area contributed by atoms with Crippen LogP contribution < -0.4 is 5.69 Å². The third-order valence-electron chi connectivity index (χ3n) is 2.95. The molecule has 0 spiro atoms. The predicted octanol–water partition coefficient (Wildman–Crippen LogP) is 2.87. The summed E-state index contributed by atoms with van der Waals surface area (Å²) in [4.78, 5) is 12.2. The Balaban J connectivity index is 2.69. The van der Waals surface area contributed by atoms with Crippen molar-refractivity contribution in [1.82, 2.24) is 14.3 Å². The van der Waals surface area contributed by atoms with Crippen molar-refractivity contribution in [3.63, 3.8) is 0 Å². The van der Waals surface area contributed by atoms with E-state index in [4.69, 9.17) is 23.2 Å². The van der Waals surface area contributed by atoms with Crippen molar-refractivity contribution >= 4 is 23.2 Å². The van der Waals surface area contributed by atoms with Crippen molar-refractivity contribution in [2.24, 2.45) is 0 Å². The average Bonchev–Trinajstić information content (AvgIpc) is 2.73. The molecule has 0 amide bonds. The minimum Gasteiger partial charge on any atom is -0.388 e. The van der Waals surface area contributed by atoms with E-state index in [9.17, 15) is 23.1 Å². The molecule has 0 aliphatic rings. The highest BCUT2D eigenvalue weighted by Crippen LogP contribution is 2.36. The fraction of sp³-hybridized carbons (Fsp3) is 0.333. The molecule has 1 aromatic heterocycles. The van der Waals surface area contributed by atoms with E-state index < -0.39 is 24.0 Å². The molecule has 0 aliphatic heterocycles. The zero-order valence-electron chi connectivity index (χ0n) is 11.2. The minimum absolute atomic E-state index is 0.0551. The molecule has 0 unspecified atom stereocenters. The molecule has 120 valence electrons. The second kappa shape index (κ2) is 5.94. The van der Waals surface area contributed by atoms with Crippen molar-refractivity contribution in [2.75, 3.05) is 0 Å². The van der Waals surface area contributed by atoms with Crippen molar-refractivity contribution in [3.8, 4) is 5.69 Å². The molecular weight excluding hydrogens is 346 g/mol. The lowest BCUT2D eigenvalue weighted by atomic mass is 10.2. The molecule has 1 aromatic carbocycles. The maximum absolute atomic E-state index is 12.7. The Morgan fingerprint density at radius 3 is 2.18 bits per heavy atom. The van der Waals surface area contributed by atoms with Crippen molar-refractivity contribution < 1.29 is 18.3 Å². The number of benzene rings is 1. The molecule has 22 heavy (non-hydrogen) atoms. The third-order valence-corrected chi connectivity index (χ3v) is 3.53. The van der Waals surface area contributed by atoms with Crippen LogP contribution in [-0.2, 0) is 19.3 Å². The minimum atomic E-state index is -4.62. The van der Waals surface area contributed by atoms with Crippen LogP contribution in [-0.4, -0.2) is 19.5 Å². The second-order valence-electron chi connectivity index (χ2n) is 4.30. The number of aromatic nitrogens is 3. The lowest BCUT2D eigenvalue weighted by molar-refractivity contribution is -0.137. The number of alkyl halides is 3. The summed E-state index contributed by atoms with van der Waals surface area (Å²) >= 11 is 11.7. The van der Waals surface area contributed by atoms with Gasteiger partial charge < -0.3 is 5.11 Å². The molecule has 0 saturated carbocycles. The molecule has 0 atom stereocenters. The van der Waals surface area contributed by atoms with Gasteiger partial charge >= 0.3 is 11.9 Å². The van der Waals surface area contributed by atoms with Crippen LogP contribution in [0.3, 0.4) is 0 Å². The molecule has 10 heteroatoms. The van der Waals surface area contributed by atoms with Gasteiger partial charge in [0.25, 0.3) is 0 Å². The van der Waals surface area contributed by atoms with Crippen LogP contribution in [0.25, 0.3) is 5.69 Å². The number of rotatable bonds is 3. The average molecular weight is 356 g/mol. The van der Waals surface area contributed by atoms with Gasteiger partial charge in [-0.25, -0.2) is 4.79 Å². The van der Waals surface area contributed by atoms with Crippen LogP contribution in [0.1, 0.15) is 18.3 Å². The molecule has 0 radical (unpaired) electrons. The summed E-state index contributed by atoms with van der Waals surface area (Å²) in [6.45, 7) is 1.37. The fourth-order valence-electron chi connectivity index (χ4n) is 1.95. The van der Waals surface area contributed by atoms with Gasteiger partial charge in [0.15, 0.2) is 5.82 Å². The summed E-state index contributed by atoms with van der Waals surface area (Å²) in [5.74, 6) is 0.0551. The van der Waals surface area contributed by atoms with Crippen molar-refractivity contribution in [1.29, 1.82) is 0 Å². The quantitative estimate of drug-likeness (QED) is 0.920. The Hall–Kier alpha value is -1.51. The number of hydrogen-bond acceptors (Lipinski definition) is 3. The molecular formula is C12H10Cl2F3N3O2. The van der Waals surface area contributed by atoms with E-state index in [1.165, 1.54) is 0 Å². The molecule has 1 N–H and O–H groups in total. The normalized spacial score (nSPS) is 12.0. The molecule has 0 saturated heterocycles. The number of halogens is 5. The summed E-state index contributed by atoms with van der Waals surface area (Å²) in [5, 5.41) is 12.3. The lowest BCUT2D eigenvalue weighted by Gasteiger charge is -2.11. The van der Waals surface area contributed by atoms with Crippen LogP contribution >= 0.6 is 23.2 Å². The molecule has 2 aromatic rings. The van der Waals surface area contributed by atoms with E-state index in [0.717, 1.165) is 9.25 Å². The van der Waals surface area contributed by atoms with E-state index in [1.54, 1.807) is 6.92 Å². The van der Waals surface area contributed by atoms with Crippen LogP contribution in [0.4, 0.5) is 13.2 Å². The van der Waals surface area contributed by atoms with Gasteiger partial charge in [0, 0.05) is 6.54 Å². The Kier molecular flexibility index (Phi) is 4.55. The monoisotopic (exact) mass is 355 g/mol. The Labute approximate surface area is 132 Å². The van der Waals surface area contributed by atoms with E-state index in [0.29, 0.717) is 12.1 Å². The van der Waals surface area contributed by atoms with Gasteiger partial charge in [-0.1, -0.05) is 23.2 Å². The first-order valence-corrected chi connectivity index (χ1v) is 6.82.